The predicted octanol–water partition coefficient (Wildman–Crippen LogP) is 3.62. The third-order valence-electron chi connectivity index (χ3n) is 3.37. The van der Waals surface area contributed by atoms with Crippen molar-refractivity contribution in [2.24, 2.45) is 0 Å². The van der Waals surface area contributed by atoms with Crippen LogP contribution in [0.1, 0.15) is 18.1 Å². The summed E-state index contributed by atoms with van der Waals surface area (Å²) in [6.45, 7) is 3.20. The lowest BCUT2D eigenvalue weighted by Crippen LogP contribution is -2.36. The molecule has 0 aliphatic heterocycles. The van der Waals surface area contributed by atoms with Gasteiger partial charge in [-0.25, -0.2) is 0 Å². The highest BCUT2D eigenvalue weighted by Gasteiger charge is 2.17. The Bertz CT molecular complexity index is 827. The highest BCUT2D eigenvalue weighted by Crippen LogP contribution is 2.23. The van der Waals surface area contributed by atoms with Crippen LogP contribution in [0, 0.1) is 18.3 Å². The molecule has 0 fully saturated rings. The number of carbonyl (C=O) groups excluding carboxylic acids is 2. The second-order valence-electron chi connectivity index (χ2n) is 5.30. The lowest BCUT2D eigenvalue weighted by molar-refractivity contribution is -0.120. The van der Waals surface area contributed by atoms with Crippen LogP contribution in [0.2, 0.25) is 0 Å². The molecule has 0 aromatic heterocycles. The van der Waals surface area contributed by atoms with Crippen molar-refractivity contribution in [2.45, 2.75) is 13.8 Å². The fraction of sp³-hybridized carbons (Fsp3) is 0.167. The van der Waals surface area contributed by atoms with Crippen LogP contribution in [0.25, 0.3) is 0 Å². The van der Waals surface area contributed by atoms with Gasteiger partial charge in [0.2, 0.25) is 11.8 Å². The number of hydrogen-bond donors (Lipinski definition) is 1. The zero-order valence-corrected chi connectivity index (χ0v) is 14.9. The van der Waals surface area contributed by atoms with Gasteiger partial charge in [0, 0.05) is 17.1 Å². The first kappa shape index (κ1) is 17.7. The molecule has 0 atom stereocenters. The van der Waals surface area contributed by atoms with Gasteiger partial charge in [0.15, 0.2) is 0 Å². The summed E-state index contributed by atoms with van der Waals surface area (Å²) >= 11 is 3.40. The Labute approximate surface area is 149 Å². The lowest BCUT2D eigenvalue weighted by Gasteiger charge is -2.21. The minimum Gasteiger partial charge on any atom is -0.324 e. The largest absolute Gasteiger partial charge is 0.324 e. The molecule has 0 aliphatic rings. The molecule has 5 nitrogen and oxygen atoms in total. The first-order valence-corrected chi connectivity index (χ1v) is 8.04. The van der Waals surface area contributed by atoms with Crippen LogP contribution < -0.4 is 10.2 Å². The minimum absolute atomic E-state index is 0.134. The highest BCUT2D eigenvalue weighted by molar-refractivity contribution is 9.10. The highest BCUT2D eigenvalue weighted by atomic mass is 79.9. The topological polar surface area (TPSA) is 73.2 Å². The average Bonchev–Trinajstić information content (AvgIpc) is 2.55. The van der Waals surface area contributed by atoms with E-state index in [0.717, 1.165) is 10.0 Å². The molecule has 0 spiro atoms. The Morgan fingerprint density at radius 3 is 2.62 bits per heavy atom. The molecule has 0 saturated carbocycles. The molecule has 0 aliphatic carbocycles. The number of anilines is 2. The number of benzene rings is 2. The molecule has 0 radical (unpaired) electrons. The van der Waals surface area contributed by atoms with Crippen molar-refractivity contribution in [1.29, 1.82) is 5.26 Å². The smallest absolute Gasteiger partial charge is 0.244 e. The summed E-state index contributed by atoms with van der Waals surface area (Å²) < 4.78 is 0.775. The van der Waals surface area contributed by atoms with Crippen molar-refractivity contribution in [1.82, 2.24) is 0 Å². The van der Waals surface area contributed by atoms with Gasteiger partial charge < -0.3 is 10.2 Å². The summed E-state index contributed by atoms with van der Waals surface area (Å²) in [5.41, 5.74) is 2.65. The van der Waals surface area contributed by atoms with Gasteiger partial charge in [0.25, 0.3) is 0 Å². The first-order chi connectivity index (χ1) is 11.4. The maximum Gasteiger partial charge on any atom is 0.244 e. The van der Waals surface area contributed by atoms with E-state index in [0.29, 0.717) is 16.9 Å². The molecule has 2 aromatic rings. The van der Waals surface area contributed by atoms with Crippen LogP contribution in [-0.4, -0.2) is 18.4 Å². The number of amides is 2. The number of nitrogens with zero attached hydrogens (tertiary/aromatic N) is 2. The maximum absolute atomic E-state index is 12.3. The average molecular weight is 386 g/mol. The Balaban J connectivity index is 2.17. The molecule has 6 heteroatoms. The molecular weight excluding hydrogens is 370 g/mol. The van der Waals surface area contributed by atoms with Crippen molar-refractivity contribution in [3.8, 4) is 6.07 Å². The fourth-order valence-electron chi connectivity index (χ4n) is 2.18. The van der Waals surface area contributed by atoms with Crippen LogP contribution in [-0.2, 0) is 9.59 Å². The van der Waals surface area contributed by atoms with E-state index in [1.54, 1.807) is 30.3 Å². The number of nitriles is 1. The van der Waals surface area contributed by atoms with Crippen LogP contribution in [0.4, 0.5) is 11.4 Å². The van der Waals surface area contributed by atoms with Crippen molar-refractivity contribution in [3.63, 3.8) is 0 Å². The number of hydrogen-bond acceptors (Lipinski definition) is 3. The number of aryl methyl sites for hydroxylation is 1. The minimum atomic E-state index is -0.322. The Morgan fingerprint density at radius 1 is 1.25 bits per heavy atom. The van der Waals surface area contributed by atoms with E-state index >= 15 is 0 Å². The van der Waals surface area contributed by atoms with E-state index < -0.39 is 0 Å². The summed E-state index contributed by atoms with van der Waals surface area (Å²) in [6, 6.07) is 14.2. The van der Waals surface area contributed by atoms with Crippen LogP contribution in [0.3, 0.4) is 0 Å². The van der Waals surface area contributed by atoms with E-state index in [9.17, 15) is 9.59 Å². The Morgan fingerprint density at radius 2 is 2.00 bits per heavy atom. The summed E-state index contributed by atoms with van der Waals surface area (Å²) in [5.74, 6) is -0.597. The van der Waals surface area contributed by atoms with E-state index in [1.165, 1.54) is 11.8 Å². The van der Waals surface area contributed by atoms with Crippen LogP contribution in [0.15, 0.2) is 46.9 Å². The SMILES string of the molecule is CC(=O)N(CC(=O)Nc1ccc(C)cc1Br)c1cccc(C#N)c1. The van der Waals surface area contributed by atoms with Crippen molar-refractivity contribution in [3.05, 3.63) is 58.1 Å². The van der Waals surface area contributed by atoms with Crippen LogP contribution in [0.5, 0.6) is 0 Å². The quantitative estimate of drug-likeness (QED) is 0.872. The molecule has 0 heterocycles. The van der Waals surface area contributed by atoms with Crippen molar-refractivity contribution >= 4 is 39.1 Å². The lowest BCUT2D eigenvalue weighted by atomic mass is 10.2. The number of nitrogens with one attached hydrogen (secondary N) is 1. The molecule has 0 saturated heterocycles. The molecule has 0 unspecified atom stereocenters. The predicted molar refractivity (Wildman–Crippen MR) is 96.7 cm³/mol. The van der Waals surface area contributed by atoms with Gasteiger partial charge >= 0.3 is 0 Å². The molecule has 2 aromatic carbocycles. The number of halogens is 1. The summed E-state index contributed by atoms with van der Waals surface area (Å²) in [4.78, 5) is 25.5. The van der Waals surface area contributed by atoms with Crippen molar-refractivity contribution in [2.75, 3.05) is 16.8 Å². The summed E-state index contributed by atoms with van der Waals surface area (Å²) in [5, 5.41) is 11.8. The Kier molecular flexibility index (Phi) is 5.72. The van der Waals surface area contributed by atoms with Gasteiger partial charge in [0.1, 0.15) is 6.54 Å². The maximum atomic E-state index is 12.3. The van der Waals surface area contributed by atoms with Gasteiger partial charge in [-0.1, -0.05) is 12.1 Å². The van der Waals surface area contributed by atoms with Gasteiger partial charge in [-0.05, 0) is 58.7 Å². The third-order valence-corrected chi connectivity index (χ3v) is 4.02. The molecule has 2 amide bonds. The van der Waals surface area contributed by atoms with Gasteiger partial charge in [0.05, 0.1) is 17.3 Å². The second-order valence-corrected chi connectivity index (χ2v) is 6.15. The van der Waals surface area contributed by atoms with Crippen LogP contribution >= 0.6 is 15.9 Å². The molecule has 24 heavy (non-hydrogen) atoms. The molecule has 0 bridgehead atoms. The number of carbonyl (C=O) groups is 2. The van der Waals surface area contributed by atoms with E-state index in [2.05, 4.69) is 21.2 Å². The van der Waals surface area contributed by atoms with Gasteiger partial charge in [-0.15, -0.1) is 0 Å². The first-order valence-electron chi connectivity index (χ1n) is 7.25. The third kappa shape index (κ3) is 4.43. The zero-order chi connectivity index (χ0) is 17.7. The number of rotatable bonds is 4. The van der Waals surface area contributed by atoms with Gasteiger partial charge in [-0.3, -0.25) is 9.59 Å². The van der Waals surface area contributed by atoms with Crippen molar-refractivity contribution < 1.29 is 9.59 Å². The van der Waals surface area contributed by atoms with E-state index in [4.69, 9.17) is 5.26 Å². The normalized spacial score (nSPS) is 9.92. The second kappa shape index (κ2) is 7.75. The van der Waals surface area contributed by atoms with E-state index in [1.807, 2.05) is 25.1 Å². The van der Waals surface area contributed by atoms with E-state index in [-0.39, 0.29) is 18.4 Å². The zero-order valence-electron chi connectivity index (χ0n) is 13.3. The molecule has 122 valence electrons. The fourth-order valence-corrected chi connectivity index (χ4v) is 2.78. The summed E-state index contributed by atoms with van der Waals surface area (Å²) in [7, 11) is 0. The summed E-state index contributed by atoms with van der Waals surface area (Å²) in [6.07, 6.45) is 0. The molecule has 1 N–H and O–H groups in total. The standard InChI is InChI=1S/C18H16BrN3O2/c1-12-6-7-17(16(19)8-12)21-18(24)11-22(13(2)23)15-5-3-4-14(9-15)10-20/h3-9H,11H2,1-2H3,(H,21,24). The molecule has 2 rings (SSSR count). The Hall–Kier alpha value is -2.65. The molecular formula is C18H16BrN3O2. The monoisotopic (exact) mass is 385 g/mol. The van der Waals surface area contributed by atoms with Gasteiger partial charge in [-0.2, -0.15) is 5.26 Å².